The molecule has 0 spiro atoms. The smallest absolute Gasteiger partial charge is 0.328 e. The van der Waals surface area contributed by atoms with Crippen LogP contribution in [0.3, 0.4) is 0 Å². The number of ether oxygens (including phenoxy) is 1. The number of methoxy groups -OCH3 is 1. The van der Waals surface area contributed by atoms with Crippen molar-refractivity contribution in [2.24, 2.45) is 0 Å². The number of rotatable bonds is 6. The van der Waals surface area contributed by atoms with Crippen LogP contribution in [-0.4, -0.2) is 37.0 Å². The van der Waals surface area contributed by atoms with E-state index in [2.05, 4.69) is 15.4 Å². The van der Waals surface area contributed by atoms with Crippen molar-refractivity contribution in [1.82, 2.24) is 10.6 Å². The topological polar surface area (TPSA) is 84.5 Å². The largest absolute Gasteiger partial charge is 0.467 e. The van der Waals surface area contributed by atoms with Gasteiger partial charge in [0.25, 0.3) is 0 Å². The second-order valence-corrected chi connectivity index (χ2v) is 4.70. The summed E-state index contributed by atoms with van der Waals surface area (Å²) < 4.78 is 4.55. The minimum atomic E-state index is -0.769. The van der Waals surface area contributed by atoms with Gasteiger partial charge in [0.05, 0.1) is 7.11 Å². The quantitative estimate of drug-likeness (QED) is 0.744. The SMILES string of the molecule is COC(=O)[C@@H](C)NC(=O)[C@H](Cc1ccccc1)NC(C)=O. The minimum Gasteiger partial charge on any atom is -0.467 e. The molecule has 2 atom stereocenters. The molecule has 0 bridgehead atoms. The Bertz CT molecular complexity index is 502. The van der Waals surface area contributed by atoms with Gasteiger partial charge in [-0.15, -0.1) is 0 Å². The highest BCUT2D eigenvalue weighted by molar-refractivity contribution is 5.90. The first kappa shape index (κ1) is 16.7. The average Bonchev–Trinajstić information content (AvgIpc) is 2.46. The van der Waals surface area contributed by atoms with Crippen molar-refractivity contribution in [2.45, 2.75) is 32.4 Å². The number of esters is 1. The maximum absolute atomic E-state index is 12.2. The van der Waals surface area contributed by atoms with Crippen LogP contribution in [0, 0.1) is 0 Å². The van der Waals surface area contributed by atoms with Gasteiger partial charge in [0.2, 0.25) is 11.8 Å². The Labute approximate surface area is 123 Å². The highest BCUT2D eigenvalue weighted by atomic mass is 16.5. The summed E-state index contributed by atoms with van der Waals surface area (Å²) >= 11 is 0. The van der Waals surface area contributed by atoms with Crippen molar-refractivity contribution in [3.63, 3.8) is 0 Å². The van der Waals surface area contributed by atoms with Crippen LogP contribution >= 0.6 is 0 Å². The molecule has 6 nitrogen and oxygen atoms in total. The molecular formula is C15H20N2O4. The molecule has 2 N–H and O–H groups in total. The fraction of sp³-hybridized carbons (Fsp3) is 0.400. The van der Waals surface area contributed by atoms with Crippen LogP contribution in [0.25, 0.3) is 0 Å². The van der Waals surface area contributed by atoms with Crippen LogP contribution in [-0.2, 0) is 25.5 Å². The van der Waals surface area contributed by atoms with E-state index < -0.39 is 24.0 Å². The number of hydrogen-bond acceptors (Lipinski definition) is 4. The lowest BCUT2D eigenvalue weighted by Crippen LogP contribution is -2.51. The molecule has 1 aromatic carbocycles. The number of nitrogens with one attached hydrogen (secondary N) is 2. The van der Waals surface area contributed by atoms with Gasteiger partial charge in [0.1, 0.15) is 12.1 Å². The molecule has 0 aliphatic carbocycles. The molecule has 0 saturated carbocycles. The lowest BCUT2D eigenvalue weighted by molar-refractivity contribution is -0.144. The molecule has 0 unspecified atom stereocenters. The second-order valence-electron chi connectivity index (χ2n) is 4.70. The fourth-order valence-electron chi connectivity index (χ4n) is 1.85. The van der Waals surface area contributed by atoms with E-state index >= 15 is 0 Å². The lowest BCUT2D eigenvalue weighted by atomic mass is 10.0. The Morgan fingerprint density at radius 1 is 1.14 bits per heavy atom. The molecular weight excluding hydrogens is 272 g/mol. The Hall–Kier alpha value is -2.37. The molecule has 1 rings (SSSR count). The molecule has 6 heteroatoms. The van der Waals surface area contributed by atoms with E-state index in [4.69, 9.17) is 0 Å². The van der Waals surface area contributed by atoms with E-state index in [1.54, 1.807) is 0 Å². The summed E-state index contributed by atoms with van der Waals surface area (Å²) in [4.78, 5) is 34.7. The van der Waals surface area contributed by atoms with Crippen molar-refractivity contribution >= 4 is 17.8 Å². The first-order chi connectivity index (χ1) is 9.93. The molecule has 0 fully saturated rings. The van der Waals surface area contributed by atoms with Gasteiger partial charge in [-0.2, -0.15) is 0 Å². The van der Waals surface area contributed by atoms with Gasteiger partial charge in [0.15, 0.2) is 0 Å². The zero-order valence-electron chi connectivity index (χ0n) is 12.4. The summed E-state index contributed by atoms with van der Waals surface area (Å²) in [6, 6.07) is 7.81. The number of amides is 2. The van der Waals surface area contributed by atoms with Gasteiger partial charge in [-0.25, -0.2) is 4.79 Å². The Morgan fingerprint density at radius 2 is 1.76 bits per heavy atom. The van der Waals surface area contributed by atoms with E-state index in [0.29, 0.717) is 6.42 Å². The number of hydrogen-bond donors (Lipinski definition) is 2. The molecule has 0 saturated heterocycles. The third-order valence-electron chi connectivity index (χ3n) is 2.89. The molecule has 0 heterocycles. The highest BCUT2D eigenvalue weighted by Gasteiger charge is 2.24. The van der Waals surface area contributed by atoms with Gasteiger partial charge < -0.3 is 15.4 Å². The highest BCUT2D eigenvalue weighted by Crippen LogP contribution is 2.04. The minimum absolute atomic E-state index is 0.309. The molecule has 2 amide bonds. The summed E-state index contributed by atoms with van der Waals surface area (Å²) in [6.07, 6.45) is 0.347. The molecule has 21 heavy (non-hydrogen) atoms. The standard InChI is InChI=1S/C15H20N2O4/c1-10(15(20)21-3)16-14(19)13(17-11(2)18)9-12-7-5-4-6-8-12/h4-8,10,13H,9H2,1-3H3,(H,16,19)(H,17,18)/t10-,13+/m1/s1. The van der Waals surface area contributed by atoms with Crippen molar-refractivity contribution < 1.29 is 19.1 Å². The van der Waals surface area contributed by atoms with Gasteiger partial charge >= 0.3 is 5.97 Å². The van der Waals surface area contributed by atoms with Gasteiger partial charge in [-0.05, 0) is 12.5 Å². The first-order valence-electron chi connectivity index (χ1n) is 6.63. The Balaban J connectivity index is 2.75. The van der Waals surface area contributed by atoms with Gasteiger partial charge in [-0.1, -0.05) is 30.3 Å². The van der Waals surface area contributed by atoms with Gasteiger partial charge in [-0.3, -0.25) is 9.59 Å². The monoisotopic (exact) mass is 292 g/mol. The van der Waals surface area contributed by atoms with Crippen LogP contribution in [0.4, 0.5) is 0 Å². The summed E-state index contributed by atoms with van der Waals surface area (Å²) in [7, 11) is 1.25. The van der Waals surface area contributed by atoms with Gasteiger partial charge in [0, 0.05) is 13.3 Å². The first-order valence-corrected chi connectivity index (χ1v) is 6.63. The summed E-state index contributed by atoms with van der Waals surface area (Å²) in [5.41, 5.74) is 0.914. The lowest BCUT2D eigenvalue weighted by Gasteiger charge is -2.20. The summed E-state index contributed by atoms with van der Waals surface area (Å²) in [5, 5.41) is 5.12. The fourth-order valence-corrected chi connectivity index (χ4v) is 1.85. The Kier molecular flexibility index (Phi) is 6.39. The molecule has 0 aromatic heterocycles. The third kappa shape index (κ3) is 5.64. The predicted molar refractivity (Wildman–Crippen MR) is 77.4 cm³/mol. The second kappa shape index (κ2) is 8.04. The molecule has 1 aromatic rings. The van der Waals surface area contributed by atoms with E-state index in [9.17, 15) is 14.4 Å². The van der Waals surface area contributed by atoms with E-state index in [1.165, 1.54) is 21.0 Å². The van der Waals surface area contributed by atoms with Crippen molar-refractivity contribution in [3.05, 3.63) is 35.9 Å². The maximum Gasteiger partial charge on any atom is 0.328 e. The van der Waals surface area contributed by atoms with Crippen molar-refractivity contribution in [2.75, 3.05) is 7.11 Å². The number of carbonyl (C=O) groups is 3. The van der Waals surface area contributed by atoms with Crippen LogP contribution in [0.2, 0.25) is 0 Å². The van der Waals surface area contributed by atoms with Crippen molar-refractivity contribution in [1.29, 1.82) is 0 Å². The normalized spacial score (nSPS) is 12.9. The summed E-state index contributed by atoms with van der Waals surface area (Å²) in [5.74, 6) is -1.27. The van der Waals surface area contributed by atoms with E-state index in [1.807, 2.05) is 30.3 Å². The average molecular weight is 292 g/mol. The van der Waals surface area contributed by atoms with E-state index in [0.717, 1.165) is 5.56 Å². The predicted octanol–water partition coefficient (Wildman–Crippen LogP) is 0.411. The number of benzene rings is 1. The molecule has 0 aliphatic heterocycles. The zero-order valence-corrected chi connectivity index (χ0v) is 12.4. The van der Waals surface area contributed by atoms with Crippen LogP contribution in [0.1, 0.15) is 19.4 Å². The molecule has 0 radical (unpaired) electrons. The maximum atomic E-state index is 12.2. The third-order valence-corrected chi connectivity index (χ3v) is 2.89. The molecule has 114 valence electrons. The Morgan fingerprint density at radius 3 is 2.29 bits per heavy atom. The van der Waals surface area contributed by atoms with Crippen LogP contribution in [0.15, 0.2) is 30.3 Å². The number of carbonyl (C=O) groups excluding carboxylic acids is 3. The van der Waals surface area contributed by atoms with E-state index in [-0.39, 0.29) is 5.91 Å². The van der Waals surface area contributed by atoms with Crippen LogP contribution in [0.5, 0.6) is 0 Å². The van der Waals surface area contributed by atoms with Crippen LogP contribution < -0.4 is 10.6 Å². The summed E-state index contributed by atoms with van der Waals surface area (Å²) in [6.45, 7) is 2.87. The molecule has 0 aliphatic rings. The van der Waals surface area contributed by atoms with Crippen molar-refractivity contribution in [3.8, 4) is 0 Å². The zero-order chi connectivity index (χ0) is 15.8.